The Balaban J connectivity index is 3.17. The van der Waals surface area contributed by atoms with E-state index in [1.807, 2.05) is 6.92 Å². The number of aliphatic hydroxyl groups is 1. The van der Waals surface area contributed by atoms with Crippen molar-refractivity contribution in [3.63, 3.8) is 0 Å². The van der Waals surface area contributed by atoms with E-state index >= 15 is 0 Å². The van der Waals surface area contributed by atoms with Crippen LogP contribution in [0.4, 0.5) is 0 Å². The predicted molar refractivity (Wildman–Crippen MR) is 75.5 cm³/mol. The van der Waals surface area contributed by atoms with E-state index in [0.717, 1.165) is 5.56 Å². The first-order chi connectivity index (χ1) is 8.97. The van der Waals surface area contributed by atoms with Gasteiger partial charge in [0.15, 0.2) is 0 Å². The third-order valence-electron chi connectivity index (χ3n) is 2.67. The van der Waals surface area contributed by atoms with Crippen LogP contribution >= 0.6 is 11.6 Å². The Bertz CT molecular complexity index is 514. The van der Waals surface area contributed by atoms with E-state index in [2.05, 4.69) is 0 Å². The highest BCUT2D eigenvalue weighted by Crippen LogP contribution is 2.25. The summed E-state index contributed by atoms with van der Waals surface area (Å²) in [6.45, 7) is 2.36. The fraction of sp³-hybridized carbons (Fsp3) is 0.500. The molecule has 0 amide bonds. The molecule has 3 N–H and O–H groups in total. The van der Waals surface area contributed by atoms with E-state index < -0.39 is 10.0 Å². The average molecular weight is 307 g/mol. The number of sulfonamides is 1. The zero-order chi connectivity index (χ0) is 14.5. The van der Waals surface area contributed by atoms with Gasteiger partial charge in [0.2, 0.25) is 10.0 Å². The van der Waals surface area contributed by atoms with Gasteiger partial charge in [-0.05, 0) is 24.1 Å². The number of benzene rings is 1. The first kappa shape index (κ1) is 16.4. The second-order valence-corrected chi connectivity index (χ2v) is 6.41. The highest BCUT2D eigenvalue weighted by atomic mass is 35.5. The molecule has 108 valence electrons. The van der Waals surface area contributed by atoms with Gasteiger partial charge in [0.05, 0.1) is 11.6 Å². The summed E-state index contributed by atoms with van der Waals surface area (Å²) in [6, 6.07) is 4.65. The van der Waals surface area contributed by atoms with Crippen LogP contribution in [0, 0.1) is 0 Å². The molecule has 0 aliphatic heterocycles. The lowest BCUT2D eigenvalue weighted by Gasteiger charge is -2.21. The van der Waals surface area contributed by atoms with Crippen molar-refractivity contribution in [2.45, 2.75) is 24.8 Å². The maximum absolute atomic E-state index is 12.4. The highest BCUT2D eigenvalue weighted by molar-refractivity contribution is 7.89. The lowest BCUT2D eigenvalue weighted by molar-refractivity contribution is 0.253. The predicted octanol–water partition coefficient (Wildman–Crippen LogP) is 1.19. The Hall–Kier alpha value is -0.660. The molecule has 0 heterocycles. The van der Waals surface area contributed by atoms with Gasteiger partial charge in [-0.15, -0.1) is 0 Å². The van der Waals surface area contributed by atoms with Crippen LogP contribution in [0.5, 0.6) is 0 Å². The smallest absolute Gasteiger partial charge is 0.244 e. The molecule has 0 spiro atoms. The van der Waals surface area contributed by atoms with E-state index in [1.54, 1.807) is 12.1 Å². The average Bonchev–Trinajstić information content (AvgIpc) is 2.38. The van der Waals surface area contributed by atoms with Crippen molar-refractivity contribution in [2.24, 2.45) is 5.73 Å². The Morgan fingerprint density at radius 3 is 2.53 bits per heavy atom. The van der Waals surface area contributed by atoms with Gasteiger partial charge in [-0.3, -0.25) is 0 Å². The Morgan fingerprint density at radius 2 is 2.05 bits per heavy atom. The van der Waals surface area contributed by atoms with Crippen LogP contribution in [-0.2, 0) is 16.6 Å². The van der Waals surface area contributed by atoms with Crippen LogP contribution in [0.3, 0.4) is 0 Å². The van der Waals surface area contributed by atoms with E-state index in [0.29, 0.717) is 19.5 Å². The van der Waals surface area contributed by atoms with Crippen molar-refractivity contribution in [1.29, 1.82) is 0 Å². The van der Waals surface area contributed by atoms with Gasteiger partial charge in [-0.1, -0.05) is 24.6 Å². The molecule has 1 aromatic rings. The van der Waals surface area contributed by atoms with Crippen LogP contribution in [0.15, 0.2) is 23.1 Å². The van der Waals surface area contributed by atoms with Crippen LogP contribution in [0.1, 0.15) is 18.9 Å². The summed E-state index contributed by atoms with van der Waals surface area (Å²) in [5.74, 6) is 0. The standard InChI is InChI=1S/C12H19ClN2O3S/c1-2-5-15(6-7-16)19(17,18)12-4-3-10(9-14)8-11(12)13/h3-4,8,16H,2,5-7,9,14H2,1H3. The van der Waals surface area contributed by atoms with Crippen molar-refractivity contribution in [1.82, 2.24) is 4.31 Å². The normalized spacial score (nSPS) is 12.1. The topological polar surface area (TPSA) is 83.6 Å². The fourth-order valence-corrected chi connectivity index (χ4v) is 3.80. The summed E-state index contributed by atoms with van der Waals surface area (Å²) in [4.78, 5) is 0.0493. The number of nitrogens with two attached hydrogens (primary N) is 1. The number of rotatable bonds is 7. The monoisotopic (exact) mass is 306 g/mol. The minimum Gasteiger partial charge on any atom is -0.395 e. The maximum Gasteiger partial charge on any atom is 0.244 e. The lowest BCUT2D eigenvalue weighted by Crippen LogP contribution is -2.34. The molecule has 0 saturated carbocycles. The molecule has 7 heteroatoms. The van der Waals surface area contributed by atoms with Crippen molar-refractivity contribution < 1.29 is 13.5 Å². The largest absolute Gasteiger partial charge is 0.395 e. The highest BCUT2D eigenvalue weighted by Gasteiger charge is 2.25. The summed E-state index contributed by atoms with van der Waals surface area (Å²) < 4.78 is 26.1. The summed E-state index contributed by atoms with van der Waals surface area (Å²) in [5.41, 5.74) is 6.25. The molecule has 19 heavy (non-hydrogen) atoms. The van der Waals surface area contributed by atoms with Crippen LogP contribution in [0.25, 0.3) is 0 Å². The Kier molecular flexibility index (Phi) is 6.22. The minimum atomic E-state index is -3.68. The van der Waals surface area contributed by atoms with Crippen LogP contribution in [0.2, 0.25) is 5.02 Å². The number of hydrogen-bond donors (Lipinski definition) is 2. The zero-order valence-corrected chi connectivity index (χ0v) is 12.4. The van der Waals surface area contributed by atoms with Crippen molar-refractivity contribution in [3.8, 4) is 0 Å². The Morgan fingerprint density at radius 1 is 1.37 bits per heavy atom. The van der Waals surface area contributed by atoms with Gasteiger partial charge >= 0.3 is 0 Å². The van der Waals surface area contributed by atoms with Gasteiger partial charge in [0.25, 0.3) is 0 Å². The third-order valence-corrected chi connectivity index (χ3v) is 5.05. The van der Waals surface area contributed by atoms with Gasteiger partial charge < -0.3 is 10.8 Å². The molecule has 0 aromatic heterocycles. The summed E-state index contributed by atoms with van der Waals surface area (Å²) in [5, 5.41) is 9.12. The second kappa shape index (κ2) is 7.21. The summed E-state index contributed by atoms with van der Waals surface area (Å²) in [6.07, 6.45) is 0.664. The molecular weight excluding hydrogens is 288 g/mol. The first-order valence-corrected chi connectivity index (χ1v) is 7.88. The van der Waals surface area contributed by atoms with Gasteiger partial charge in [0.1, 0.15) is 4.90 Å². The molecule has 0 unspecified atom stereocenters. The van der Waals surface area contributed by atoms with Crippen molar-refractivity contribution in [3.05, 3.63) is 28.8 Å². The third kappa shape index (κ3) is 3.90. The second-order valence-electron chi connectivity index (χ2n) is 4.10. The minimum absolute atomic E-state index is 0.0493. The molecule has 0 radical (unpaired) electrons. The molecule has 5 nitrogen and oxygen atoms in total. The lowest BCUT2D eigenvalue weighted by atomic mass is 10.2. The molecule has 1 aromatic carbocycles. The maximum atomic E-state index is 12.4. The summed E-state index contributed by atoms with van der Waals surface area (Å²) in [7, 11) is -3.68. The van der Waals surface area contributed by atoms with Crippen molar-refractivity contribution in [2.75, 3.05) is 19.7 Å². The molecule has 0 aliphatic rings. The first-order valence-electron chi connectivity index (χ1n) is 6.06. The van der Waals surface area contributed by atoms with Crippen LogP contribution in [-0.4, -0.2) is 37.5 Å². The summed E-state index contributed by atoms with van der Waals surface area (Å²) >= 11 is 6.01. The molecule has 0 saturated heterocycles. The number of hydrogen-bond acceptors (Lipinski definition) is 4. The van der Waals surface area contributed by atoms with E-state index in [1.165, 1.54) is 10.4 Å². The zero-order valence-electron chi connectivity index (χ0n) is 10.8. The van der Waals surface area contributed by atoms with E-state index in [9.17, 15) is 8.42 Å². The van der Waals surface area contributed by atoms with E-state index in [-0.39, 0.29) is 23.1 Å². The van der Waals surface area contributed by atoms with Gasteiger partial charge in [-0.2, -0.15) is 4.31 Å². The van der Waals surface area contributed by atoms with Crippen LogP contribution < -0.4 is 5.73 Å². The SMILES string of the molecule is CCCN(CCO)S(=O)(=O)c1ccc(CN)cc1Cl. The van der Waals surface area contributed by atoms with E-state index in [4.69, 9.17) is 22.4 Å². The number of aliphatic hydroxyl groups excluding tert-OH is 1. The number of nitrogens with zero attached hydrogens (tertiary/aromatic N) is 1. The molecule has 0 atom stereocenters. The molecule has 0 fully saturated rings. The molecule has 1 rings (SSSR count). The molecule has 0 bridgehead atoms. The Labute approximate surface area is 119 Å². The quantitative estimate of drug-likeness (QED) is 0.792. The van der Waals surface area contributed by atoms with Gasteiger partial charge in [-0.25, -0.2) is 8.42 Å². The van der Waals surface area contributed by atoms with Crippen molar-refractivity contribution >= 4 is 21.6 Å². The molecule has 0 aliphatic carbocycles. The fourth-order valence-electron chi connectivity index (χ4n) is 1.73. The number of halogens is 1. The molecular formula is C12H19ClN2O3S. The van der Waals surface area contributed by atoms with Gasteiger partial charge in [0, 0.05) is 19.6 Å².